The predicted molar refractivity (Wildman–Crippen MR) is 190 cm³/mol. The maximum absolute atomic E-state index is 15.2. The monoisotopic (exact) mass is 676 g/mol. The number of aliphatic imine (C=N–C) groups is 1. The molecule has 2 saturated heterocycles. The van der Waals surface area contributed by atoms with Crippen LogP contribution in [-0.2, 0) is 11.2 Å². The van der Waals surface area contributed by atoms with Gasteiger partial charge in [0.25, 0.3) is 0 Å². The first-order valence-electron chi connectivity index (χ1n) is 17.0. The van der Waals surface area contributed by atoms with Crippen LogP contribution in [0, 0.1) is 11.7 Å². The first-order valence-corrected chi connectivity index (χ1v) is 17.4. The highest BCUT2D eigenvalue weighted by molar-refractivity contribution is 6.31. The molecule has 4 aromatic rings. The summed E-state index contributed by atoms with van der Waals surface area (Å²) < 4.78 is 22.1. The van der Waals surface area contributed by atoms with Gasteiger partial charge in [-0.3, -0.25) is 9.56 Å². The van der Waals surface area contributed by atoms with Crippen LogP contribution < -0.4 is 28.2 Å². The maximum atomic E-state index is 15.2. The maximum Gasteiger partial charge on any atom is 0.354 e. The van der Waals surface area contributed by atoms with E-state index in [4.69, 9.17) is 38.5 Å². The van der Waals surface area contributed by atoms with Gasteiger partial charge in [0.15, 0.2) is 5.82 Å². The van der Waals surface area contributed by atoms with E-state index in [-0.39, 0.29) is 29.7 Å². The molecule has 0 amide bonds. The molecule has 12 heteroatoms. The molecule has 4 atom stereocenters. The van der Waals surface area contributed by atoms with Crippen LogP contribution in [0.3, 0.4) is 0 Å². The van der Waals surface area contributed by atoms with Gasteiger partial charge in [0.05, 0.1) is 42.2 Å². The van der Waals surface area contributed by atoms with Crippen molar-refractivity contribution in [2.24, 2.45) is 28.1 Å². The zero-order chi connectivity index (χ0) is 33.8. The molecule has 6 rings (SSSR count). The Kier molecular flexibility index (Phi) is 10.9. The van der Waals surface area contributed by atoms with E-state index in [1.165, 1.54) is 4.57 Å². The van der Waals surface area contributed by atoms with Crippen LogP contribution in [0.25, 0.3) is 28.0 Å². The van der Waals surface area contributed by atoms with Crippen molar-refractivity contribution >= 4 is 28.5 Å². The summed E-state index contributed by atoms with van der Waals surface area (Å²) in [4.78, 5) is 25.3. The van der Waals surface area contributed by atoms with Gasteiger partial charge in [0.2, 0.25) is 0 Å². The average Bonchev–Trinajstić information content (AvgIpc) is 3.46. The second-order valence-corrected chi connectivity index (χ2v) is 13.9. The largest absolute Gasteiger partial charge is 0.386 e. The minimum absolute atomic E-state index is 0.0572. The number of halogens is 2. The molecule has 0 radical (unpaired) electrons. The second kappa shape index (κ2) is 15.3. The molecule has 2 aromatic carbocycles. The van der Waals surface area contributed by atoms with E-state index in [1.807, 2.05) is 19.1 Å². The lowest BCUT2D eigenvalue weighted by Crippen LogP contribution is -2.41. The smallest absolute Gasteiger partial charge is 0.354 e. The van der Waals surface area contributed by atoms with Crippen molar-refractivity contribution in [3.8, 4) is 16.9 Å². The van der Waals surface area contributed by atoms with E-state index in [1.54, 1.807) is 24.4 Å². The van der Waals surface area contributed by atoms with Crippen molar-refractivity contribution in [1.29, 1.82) is 0 Å². The highest BCUT2D eigenvalue weighted by Crippen LogP contribution is 2.32. The molecule has 2 aliphatic rings. The van der Waals surface area contributed by atoms with Gasteiger partial charge >= 0.3 is 5.69 Å². The van der Waals surface area contributed by atoms with Gasteiger partial charge in [-0.1, -0.05) is 30.2 Å². The number of rotatable bonds is 13. The molecule has 0 spiro atoms. The van der Waals surface area contributed by atoms with Crippen LogP contribution in [0.1, 0.15) is 69.0 Å². The van der Waals surface area contributed by atoms with E-state index in [0.29, 0.717) is 45.8 Å². The van der Waals surface area contributed by atoms with E-state index in [2.05, 4.69) is 27.4 Å². The Bertz CT molecular complexity index is 1800. The summed E-state index contributed by atoms with van der Waals surface area (Å²) in [6, 6.07) is 14.0. The number of benzene rings is 2. The average molecular weight is 677 g/mol. The fraction of sp³-hybridized carbons (Fsp3) is 0.472. The number of hydrogen-bond donors (Lipinski definition) is 5. The number of piperidine rings is 1. The van der Waals surface area contributed by atoms with E-state index < -0.39 is 11.5 Å². The fourth-order valence-electron chi connectivity index (χ4n) is 6.90. The zero-order valence-electron chi connectivity index (χ0n) is 27.4. The van der Waals surface area contributed by atoms with Gasteiger partial charge in [0, 0.05) is 41.2 Å². The van der Waals surface area contributed by atoms with Crippen LogP contribution in [0.5, 0.6) is 0 Å². The molecule has 8 N–H and O–H groups in total. The topological polar surface area (TPSA) is 162 Å². The van der Waals surface area contributed by atoms with E-state index >= 15 is 4.39 Å². The van der Waals surface area contributed by atoms with Gasteiger partial charge in [0.1, 0.15) is 11.5 Å². The molecular formula is C36H46ClFN8O2. The Morgan fingerprint density at radius 1 is 1.19 bits per heavy atom. The molecule has 2 aliphatic heterocycles. The second-order valence-electron chi connectivity index (χ2n) is 13.5. The van der Waals surface area contributed by atoms with Gasteiger partial charge in [-0.25, -0.2) is 9.18 Å². The highest BCUT2D eigenvalue weighted by Gasteiger charge is 2.28. The van der Waals surface area contributed by atoms with Crippen molar-refractivity contribution < 1.29 is 9.13 Å². The lowest BCUT2D eigenvalue weighted by molar-refractivity contribution is -0.0388. The number of H-pyrrole nitrogens is 1. The molecule has 256 valence electrons. The molecule has 0 unspecified atom stereocenters. The lowest BCUT2D eigenvalue weighted by atomic mass is 9.88. The van der Waals surface area contributed by atoms with Crippen LogP contribution in [0.4, 0.5) is 4.39 Å². The molecule has 2 fully saturated rings. The summed E-state index contributed by atoms with van der Waals surface area (Å²) in [6.45, 7) is 3.81. The third kappa shape index (κ3) is 8.15. The number of amidine groups is 1. The normalized spacial score (nSPS) is 20.1. The van der Waals surface area contributed by atoms with E-state index in [9.17, 15) is 4.79 Å². The molecule has 4 heterocycles. The molecular weight excluding hydrogens is 631 g/mol. The minimum Gasteiger partial charge on any atom is -0.386 e. The van der Waals surface area contributed by atoms with Gasteiger partial charge < -0.3 is 32.2 Å². The molecule has 0 saturated carbocycles. The van der Waals surface area contributed by atoms with Crippen LogP contribution in [-0.4, -0.2) is 58.3 Å². The zero-order valence-corrected chi connectivity index (χ0v) is 28.2. The summed E-state index contributed by atoms with van der Waals surface area (Å²) in [5.41, 5.74) is 21.3. The molecule has 2 aromatic heterocycles. The minimum atomic E-state index is -0.514. The Morgan fingerprint density at radius 3 is 2.69 bits per heavy atom. The first kappa shape index (κ1) is 34.3. The fourth-order valence-corrected chi connectivity index (χ4v) is 7.14. The Labute approximate surface area is 285 Å². The predicted octanol–water partition coefficient (Wildman–Crippen LogP) is 5.14. The Morgan fingerprint density at radius 2 is 1.98 bits per heavy atom. The molecule has 10 nitrogen and oxygen atoms in total. The number of aromatic nitrogens is 3. The quantitative estimate of drug-likeness (QED) is 0.0968. The molecule has 48 heavy (non-hydrogen) atoms. The highest BCUT2D eigenvalue weighted by atomic mass is 35.5. The lowest BCUT2D eigenvalue weighted by Gasteiger charge is -2.35. The SMILES string of the molecule is C[C@H](N)CCCc1cc(Cl)c(F)c(-c2cc3cn(-c4ccc([C@@H]5CCC[C@@H](C[C@@H](CC6COC6)N=C(N)CN)N5)cc4)c(=O)nc3[nH]2)c1. The number of nitrogens with two attached hydrogens (primary N) is 3. The first-order chi connectivity index (χ1) is 23.2. The number of aromatic amines is 1. The molecule has 0 aliphatic carbocycles. The number of nitrogens with one attached hydrogen (secondary N) is 2. The van der Waals surface area contributed by atoms with Crippen molar-refractivity contribution in [3.05, 3.63) is 81.1 Å². The summed E-state index contributed by atoms with van der Waals surface area (Å²) in [7, 11) is 0. The van der Waals surface area contributed by atoms with Gasteiger partial charge in [-0.15, -0.1) is 0 Å². The van der Waals surface area contributed by atoms with Crippen molar-refractivity contribution in [1.82, 2.24) is 19.9 Å². The third-order valence-corrected chi connectivity index (χ3v) is 9.77. The van der Waals surface area contributed by atoms with Crippen LogP contribution >= 0.6 is 11.6 Å². The molecule has 0 bridgehead atoms. The van der Waals surface area contributed by atoms with Crippen LogP contribution in [0.15, 0.2) is 58.4 Å². The summed E-state index contributed by atoms with van der Waals surface area (Å²) >= 11 is 6.28. The van der Waals surface area contributed by atoms with Crippen molar-refractivity contribution in [3.63, 3.8) is 0 Å². The van der Waals surface area contributed by atoms with Crippen LogP contribution in [0.2, 0.25) is 5.02 Å². The summed E-state index contributed by atoms with van der Waals surface area (Å²) in [5, 5.41) is 4.58. The Hall–Kier alpha value is -3.61. The Balaban J connectivity index is 1.17. The summed E-state index contributed by atoms with van der Waals surface area (Å²) in [5.74, 6) is 0.508. The van der Waals surface area contributed by atoms with E-state index in [0.717, 1.165) is 75.7 Å². The van der Waals surface area contributed by atoms with Crippen molar-refractivity contribution in [2.75, 3.05) is 19.8 Å². The number of hydrogen-bond acceptors (Lipinski definition) is 7. The number of aryl methyl sites for hydroxylation is 1. The van der Waals surface area contributed by atoms with Gasteiger partial charge in [-0.05, 0) is 93.3 Å². The summed E-state index contributed by atoms with van der Waals surface area (Å²) in [6.07, 6.45) is 9.29. The number of ether oxygens (including phenoxy) is 1. The van der Waals surface area contributed by atoms with Crippen molar-refractivity contribution in [2.45, 2.75) is 82.5 Å². The number of fused-ring (bicyclic) bond motifs is 1. The third-order valence-electron chi connectivity index (χ3n) is 9.49. The van der Waals surface area contributed by atoms with Gasteiger partial charge in [-0.2, -0.15) is 4.98 Å². The number of nitrogens with zero attached hydrogens (tertiary/aromatic N) is 3. The standard InChI is InChI=1S/C36H46ClFN8O2/c1-21(40)4-2-5-22-13-29(34(38)30(37)14-22)32-15-25-18-46(36(47)45-35(25)44-32)28-10-8-24(9-11-28)31-7-3-6-26(42-31)16-27(43-33(41)17-39)12-23-19-48-20-23/h8-11,13-15,18,21,23,26-27,31,42H,2-7,12,16-17,19-20,39-40H2,1H3,(H2,41,43)(H,44,45,47)/t21-,26-,27+,31-/m0/s1.